The van der Waals surface area contributed by atoms with Crippen molar-refractivity contribution in [1.29, 1.82) is 0 Å². The molecule has 2 heterocycles. The predicted molar refractivity (Wildman–Crippen MR) is 86.5 cm³/mol. The minimum atomic E-state index is -0.449. The number of hydrogen-bond donors (Lipinski definition) is 0. The predicted octanol–water partition coefficient (Wildman–Crippen LogP) is 1.99. The molecule has 1 aliphatic rings. The van der Waals surface area contributed by atoms with Crippen LogP contribution in [0.1, 0.15) is 40.2 Å². The van der Waals surface area contributed by atoms with Gasteiger partial charge in [-0.3, -0.25) is 4.57 Å². The standard InChI is InChI=1S/C16H22BNO4/c1-7-10-8-12-13(20-14(19)18(12)6)9-11(10)17-21-15(2,3)16(4,5)22-17/h8-9H,7H2,1-6H3. The molecular weight excluding hydrogens is 281 g/mol. The number of benzene rings is 1. The molecule has 22 heavy (non-hydrogen) atoms. The smallest absolute Gasteiger partial charge is 0.408 e. The SMILES string of the molecule is CCc1cc2c(cc1B1OC(C)(C)C(C)(C)O1)oc(=O)n2C. The third-order valence-corrected chi connectivity index (χ3v) is 4.94. The Bertz CT molecular complexity index is 771. The van der Waals surface area contributed by atoms with Gasteiger partial charge >= 0.3 is 12.9 Å². The van der Waals surface area contributed by atoms with Crippen LogP contribution in [0.25, 0.3) is 11.1 Å². The van der Waals surface area contributed by atoms with Gasteiger partial charge in [-0.05, 0) is 57.3 Å². The molecule has 1 saturated heterocycles. The van der Waals surface area contributed by atoms with E-state index >= 15 is 0 Å². The van der Waals surface area contributed by atoms with E-state index in [-0.39, 0.29) is 5.76 Å². The third kappa shape index (κ3) is 2.13. The summed E-state index contributed by atoms with van der Waals surface area (Å²) >= 11 is 0. The van der Waals surface area contributed by atoms with Gasteiger partial charge in [0.15, 0.2) is 5.58 Å². The second kappa shape index (κ2) is 4.73. The summed E-state index contributed by atoms with van der Waals surface area (Å²) in [6.45, 7) is 10.2. The summed E-state index contributed by atoms with van der Waals surface area (Å²) in [5, 5.41) is 0. The van der Waals surface area contributed by atoms with Gasteiger partial charge in [-0.2, -0.15) is 0 Å². The fraction of sp³-hybridized carbons (Fsp3) is 0.562. The molecule has 1 fully saturated rings. The first-order chi connectivity index (χ1) is 10.2. The molecule has 3 rings (SSSR count). The lowest BCUT2D eigenvalue weighted by molar-refractivity contribution is 0.00578. The zero-order chi connectivity index (χ0) is 16.3. The molecule has 5 nitrogen and oxygen atoms in total. The summed E-state index contributed by atoms with van der Waals surface area (Å²) in [4.78, 5) is 11.7. The van der Waals surface area contributed by atoms with Gasteiger partial charge < -0.3 is 13.7 Å². The molecule has 2 aromatic rings. The van der Waals surface area contributed by atoms with Crippen molar-refractivity contribution in [2.45, 2.75) is 52.2 Å². The summed E-state index contributed by atoms with van der Waals surface area (Å²) < 4.78 is 19.1. The molecule has 0 amide bonds. The average molecular weight is 303 g/mol. The summed E-state index contributed by atoms with van der Waals surface area (Å²) in [5.41, 5.74) is 2.60. The van der Waals surface area contributed by atoms with E-state index in [1.165, 1.54) is 4.57 Å². The maximum Gasteiger partial charge on any atom is 0.495 e. The molecule has 0 bridgehead atoms. The molecule has 0 spiro atoms. The Morgan fingerprint density at radius 2 is 1.73 bits per heavy atom. The van der Waals surface area contributed by atoms with Crippen molar-refractivity contribution in [2.24, 2.45) is 7.05 Å². The zero-order valence-corrected chi connectivity index (χ0v) is 14.0. The first kappa shape index (κ1) is 15.4. The molecule has 0 saturated carbocycles. The topological polar surface area (TPSA) is 53.6 Å². The largest absolute Gasteiger partial charge is 0.495 e. The van der Waals surface area contributed by atoms with Crippen LogP contribution in [-0.4, -0.2) is 22.9 Å². The lowest BCUT2D eigenvalue weighted by Gasteiger charge is -2.32. The second-order valence-corrected chi connectivity index (χ2v) is 6.89. The van der Waals surface area contributed by atoms with Gasteiger partial charge in [-0.25, -0.2) is 4.79 Å². The minimum absolute atomic E-state index is 0.358. The van der Waals surface area contributed by atoms with Crippen molar-refractivity contribution in [2.75, 3.05) is 0 Å². The normalized spacial score (nSPS) is 20.0. The summed E-state index contributed by atoms with van der Waals surface area (Å²) in [5.74, 6) is -0.358. The number of oxazole rings is 1. The highest BCUT2D eigenvalue weighted by Gasteiger charge is 2.52. The van der Waals surface area contributed by atoms with Gasteiger partial charge in [0.05, 0.1) is 16.7 Å². The van der Waals surface area contributed by atoms with Crippen LogP contribution >= 0.6 is 0 Å². The highest BCUT2D eigenvalue weighted by Crippen LogP contribution is 2.37. The van der Waals surface area contributed by atoms with Crippen LogP contribution in [0.5, 0.6) is 0 Å². The lowest BCUT2D eigenvalue weighted by atomic mass is 9.75. The van der Waals surface area contributed by atoms with Crippen LogP contribution in [-0.2, 0) is 22.8 Å². The monoisotopic (exact) mass is 303 g/mol. The van der Waals surface area contributed by atoms with Crippen LogP contribution in [0.15, 0.2) is 21.3 Å². The fourth-order valence-corrected chi connectivity index (χ4v) is 2.73. The Morgan fingerprint density at radius 1 is 1.14 bits per heavy atom. The first-order valence-electron chi connectivity index (χ1n) is 7.64. The van der Waals surface area contributed by atoms with Crippen molar-refractivity contribution >= 4 is 23.7 Å². The third-order valence-electron chi connectivity index (χ3n) is 4.94. The molecule has 0 atom stereocenters. The summed E-state index contributed by atoms with van der Waals surface area (Å²) in [6, 6.07) is 3.86. The Balaban J connectivity index is 2.13. The van der Waals surface area contributed by atoms with Gasteiger partial charge in [0, 0.05) is 7.05 Å². The maximum atomic E-state index is 11.7. The quantitative estimate of drug-likeness (QED) is 0.796. The van der Waals surface area contributed by atoms with Gasteiger partial charge in [0.25, 0.3) is 0 Å². The Labute approximate surface area is 130 Å². The second-order valence-electron chi connectivity index (χ2n) is 6.89. The summed E-state index contributed by atoms with van der Waals surface area (Å²) in [6.07, 6.45) is 0.828. The van der Waals surface area contributed by atoms with E-state index < -0.39 is 18.3 Å². The van der Waals surface area contributed by atoms with Crippen LogP contribution in [0, 0.1) is 0 Å². The Kier molecular flexibility index (Phi) is 3.31. The van der Waals surface area contributed by atoms with Crippen LogP contribution in [0.2, 0.25) is 0 Å². The van der Waals surface area contributed by atoms with Crippen LogP contribution in [0.4, 0.5) is 0 Å². The van der Waals surface area contributed by atoms with Crippen molar-refractivity contribution in [1.82, 2.24) is 4.57 Å². The fourth-order valence-electron chi connectivity index (χ4n) is 2.73. The minimum Gasteiger partial charge on any atom is -0.408 e. The van der Waals surface area contributed by atoms with Crippen molar-refractivity contribution in [3.05, 3.63) is 28.2 Å². The number of aromatic nitrogens is 1. The molecule has 0 unspecified atom stereocenters. The Morgan fingerprint density at radius 3 is 2.27 bits per heavy atom. The summed E-state index contributed by atoms with van der Waals surface area (Å²) in [7, 11) is 1.26. The highest BCUT2D eigenvalue weighted by molar-refractivity contribution is 6.63. The van der Waals surface area contributed by atoms with E-state index in [9.17, 15) is 4.79 Å². The van der Waals surface area contributed by atoms with Gasteiger partial charge in [0.2, 0.25) is 0 Å². The molecular formula is C16H22BNO4. The molecule has 1 aliphatic heterocycles. The number of aryl methyl sites for hydroxylation is 2. The average Bonchev–Trinajstić information content (AvgIpc) is 2.82. The maximum absolute atomic E-state index is 11.7. The van der Waals surface area contributed by atoms with Crippen molar-refractivity contribution < 1.29 is 13.7 Å². The van der Waals surface area contributed by atoms with E-state index in [0.717, 1.165) is 23.0 Å². The Hall–Kier alpha value is -1.53. The first-order valence-corrected chi connectivity index (χ1v) is 7.64. The number of nitrogens with zero attached hydrogens (tertiary/aromatic N) is 1. The molecule has 1 aromatic heterocycles. The van der Waals surface area contributed by atoms with Gasteiger partial charge in [0.1, 0.15) is 0 Å². The molecule has 0 N–H and O–H groups in total. The van der Waals surface area contributed by atoms with Gasteiger partial charge in [-0.1, -0.05) is 6.92 Å². The number of fused-ring (bicyclic) bond motifs is 1. The van der Waals surface area contributed by atoms with E-state index in [0.29, 0.717) is 5.58 Å². The molecule has 6 heteroatoms. The number of rotatable bonds is 2. The van der Waals surface area contributed by atoms with Crippen molar-refractivity contribution in [3.8, 4) is 0 Å². The van der Waals surface area contributed by atoms with E-state index in [1.807, 2.05) is 39.8 Å². The molecule has 1 aromatic carbocycles. The lowest BCUT2D eigenvalue weighted by Crippen LogP contribution is -2.41. The highest BCUT2D eigenvalue weighted by atomic mass is 16.7. The van der Waals surface area contributed by atoms with E-state index in [4.69, 9.17) is 13.7 Å². The number of hydrogen-bond acceptors (Lipinski definition) is 4. The molecule has 118 valence electrons. The van der Waals surface area contributed by atoms with Crippen LogP contribution < -0.4 is 11.2 Å². The van der Waals surface area contributed by atoms with E-state index in [1.54, 1.807) is 7.05 Å². The zero-order valence-electron chi connectivity index (χ0n) is 14.0. The van der Waals surface area contributed by atoms with Gasteiger partial charge in [-0.15, -0.1) is 0 Å². The van der Waals surface area contributed by atoms with Crippen molar-refractivity contribution in [3.63, 3.8) is 0 Å². The van der Waals surface area contributed by atoms with Crippen LogP contribution in [0.3, 0.4) is 0 Å². The molecule has 0 aliphatic carbocycles. The van der Waals surface area contributed by atoms with E-state index in [2.05, 4.69) is 6.92 Å². The molecule has 0 radical (unpaired) electrons.